The Morgan fingerprint density at radius 3 is 2.52 bits per heavy atom. The molecule has 118 valence electrons. The van der Waals surface area contributed by atoms with Gasteiger partial charge in [-0.3, -0.25) is 4.79 Å². The zero-order valence-electron chi connectivity index (χ0n) is 13.2. The van der Waals surface area contributed by atoms with Crippen LogP contribution in [0, 0.1) is 11.3 Å². The standard InChI is InChI=1S/C21H13N3O/c22-13-16(12-15-8-5-7-14-6-1-2-9-17(14)15)20-23-19-11-4-3-10-18(19)21(25)24-20/h1-12H,(H,23,24,25)/b16-12+. The first-order valence-electron chi connectivity index (χ1n) is 7.85. The van der Waals surface area contributed by atoms with Gasteiger partial charge < -0.3 is 4.98 Å². The molecule has 0 fully saturated rings. The van der Waals surface area contributed by atoms with E-state index in [1.54, 1.807) is 24.3 Å². The molecule has 0 aliphatic heterocycles. The van der Waals surface area contributed by atoms with Crippen molar-refractivity contribution in [2.24, 2.45) is 0 Å². The number of nitriles is 1. The van der Waals surface area contributed by atoms with E-state index in [2.05, 4.69) is 16.0 Å². The summed E-state index contributed by atoms with van der Waals surface area (Å²) >= 11 is 0. The number of para-hydroxylation sites is 1. The van der Waals surface area contributed by atoms with Crippen LogP contribution >= 0.6 is 0 Å². The number of allylic oxidation sites excluding steroid dienone is 1. The number of hydrogen-bond donors (Lipinski definition) is 1. The Morgan fingerprint density at radius 2 is 1.68 bits per heavy atom. The second kappa shape index (κ2) is 6.06. The van der Waals surface area contributed by atoms with Crippen LogP contribution in [0.25, 0.3) is 33.3 Å². The van der Waals surface area contributed by atoms with Gasteiger partial charge in [0.1, 0.15) is 6.07 Å². The summed E-state index contributed by atoms with van der Waals surface area (Å²) in [6.45, 7) is 0. The van der Waals surface area contributed by atoms with Crippen molar-refractivity contribution in [2.75, 3.05) is 0 Å². The molecule has 0 atom stereocenters. The van der Waals surface area contributed by atoms with Crippen molar-refractivity contribution in [3.63, 3.8) is 0 Å². The average Bonchev–Trinajstić information content (AvgIpc) is 2.66. The average molecular weight is 323 g/mol. The maximum absolute atomic E-state index is 12.3. The van der Waals surface area contributed by atoms with Crippen LogP contribution in [-0.2, 0) is 0 Å². The van der Waals surface area contributed by atoms with E-state index >= 15 is 0 Å². The lowest BCUT2D eigenvalue weighted by Gasteiger charge is -2.04. The molecule has 0 radical (unpaired) electrons. The van der Waals surface area contributed by atoms with Crippen LogP contribution in [0.15, 0.2) is 71.5 Å². The molecule has 0 amide bonds. The molecule has 4 aromatic rings. The SMILES string of the molecule is N#C/C(=C\c1cccc2ccccc12)c1nc2ccccc2c(=O)[nH]1. The zero-order chi connectivity index (χ0) is 17.2. The molecule has 0 unspecified atom stereocenters. The minimum atomic E-state index is -0.250. The summed E-state index contributed by atoms with van der Waals surface area (Å²) in [5.41, 5.74) is 1.55. The lowest BCUT2D eigenvalue weighted by molar-refractivity contribution is 1.13. The normalized spacial score (nSPS) is 11.6. The van der Waals surface area contributed by atoms with Gasteiger partial charge in [0.25, 0.3) is 5.56 Å². The molecule has 0 saturated heterocycles. The number of nitrogens with one attached hydrogen (secondary N) is 1. The zero-order valence-corrected chi connectivity index (χ0v) is 13.2. The van der Waals surface area contributed by atoms with Crippen molar-refractivity contribution < 1.29 is 0 Å². The van der Waals surface area contributed by atoms with Gasteiger partial charge in [-0.1, -0.05) is 54.6 Å². The summed E-state index contributed by atoms with van der Waals surface area (Å²) in [4.78, 5) is 19.4. The molecule has 1 N–H and O–H groups in total. The largest absolute Gasteiger partial charge is 0.305 e. The van der Waals surface area contributed by atoms with Gasteiger partial charge in [-0.05, 0) is 34.5 Å². The van der Waals surface area contributed by atoms with E-state index in [0.717, 1.165) is 16.3 Å². The fourth-order valence-electron chi connectivity index (χ4n) is 2.90. The first kappa shape index (κ1) is 14.9. The van der Waals surface area contributed by atoms with E-state index in [-0.39, 0.29) is 11.4 Å². The molecule has 0 bridgehead atoms. The Hall–Kier alpha value is -3.71. The molecule has 0 aliphatic rings. The number of aromatic nitrogens is 2. The van der Waals surface area contributed by atoms with Gasteiger partial charge in [-0.2, -0.15) is 5.26 Å². The monoisotopic (exact) mass is 323 g/mol. The first-order valence-corrected chi connectivity index (χ1v) is 7.85. The smallest absolute Gasteiger partial charge is 0.259 e. The number of aromatic amines is 1. The number of benzene rings is 3. The van der Waals surface area contributed by atoms with Crippen molar-refractivity contribution in [2.45, 2.75) is 0 Å². The third-order valence-electron chi connectivity index (χ3n) is 4.11. The lowest BCUT2D eigenvalue weighted by Crippen LogP contribution is -2.11. The quantitative estimate of drug-likeness (QED) is 0.564. The number of hydrogen-bond acceptors (Lipinski definition) is 3. The van der Waals surface area contributed by atoms with E-state index in [1.165, 1.54) is 0 Å². The molecule has 1 aromatic heterocycles. The summed E-state index contributed by atoms with van der Waals surface area (Å²) in [7, 11) is 0. The van der Waals surface area contributed by atoms with Gasteiger partial charge in [0.2, 0.25) is 0 Å². The maximum Gasteiger partial charge on any atom is 0.259 e. The fraction of sp³-hybridized carbons (Fsp3) is 0. The molecular weight excluding hydrogens is 310 g/mol. The molecule has 4 nitrogen and oxygen atoms in total. The summed E-state index contributed by atoms with van der Waals surface area (Å²) in [6.07, 6.45) is 1.76. The summed E-state index contributed by atoms with van der Waals surface area (Å²) < 4.78 is 0. The van der Waals surface area contributed by atoms with Gasteiger partial charge in [0.15, 0.2) is 5.82 Å². The highest BCUT2D eigenvalue weighted by molar-refractivity contribution is 5.97. The molecule has 0 aliphatic carbocycles. The number of rotatable bonds is 2. The highest BCUT2D eigenvalue weighted by Crippen LogP contribution is 2.23. The third kappa shape index (κ3) is 2.68. The molecule has 4 heteroatoms. The molecule has 25 heavy (non-hydrogen) atoms. The van der Waals surface area contributed by atoms with Crippen molar-refractivity contribution in [3.05, 3.63) is 88.5 Å². The molecular formula is C21H13N3O. The van der Waals surface area contributed by atoms with Crippen LogP contribution in [0.5, 0.6) is 0 Å². The van der Waals surface area contributed by atoms with Gasteiger partial charge in [0.05, 0.1) is 16.5 Å². The number of nitrogens with zero attached hydrogens (tertiary/aromatic N) is 2. The molecule has 0 saturated carbocycles. The van der Waals surface area contributed by atoms with E-state index in [1.807, 2.05) is 48.5 Å². The number of fused-ring (bicyclic) bond motifs is 2. The van der Waals surface area contributed by atoms with Crippen molar-refractivity contribution in [1.29, 1.82) is 5.26 Å². The Kier molecular flexibility index (Phi) is 3.60. The van der Waals surface area contributed by atoms with Crippen molar-refractivity contribution in [1.82, 2.24) is 9.97 Å². The molecule has 0 spiro atoms. The van der Waals surface area contributed by atoms with E-state index in [9.17, 15) is 10.1 Å². The highest BCUT2D eigenvalue weighted by Gasteiger charge is 2.09. The minimum absolute atomic E-state index is 0.250. The van der Waals surface area contributed by atoms with Crippen LogP contribution < -0.4 is 5.56 Å². The fourth-order valence-corrected chi connectivity index (χ4v) is 2.90. The third-order valence-corrected chi connectivity index (χ3v) is 4.11. The summed E-state index contributed by atoms with van der Waals surface area (Å²) in [5, 5.41) is 12.2. The highest BCUT2D eigenvalue weighted by atomic mass is 16.1. The van der Waals surface area contributed by atoms with Gasteiger partial charge >= 0.3 is 0 Å². The second-order valence-electron chi connectivity index (χ2n) is 5.67. The van der Waals surface area contributed by atoms with Crippen molar-refractivity contribution in [3.8, 4) is 6.07 Å². The first-order chi connectivity index (χ1) is 12.3. The summed E-state index contributed by atoms with van der Waals surface area (Å²) in [5.74, 6) is 0.277. The molecule has 3 aromatic carbocycles. The van der Waals surface area contributed by atoms with Crippen LogP contribution in [0.1, 0.15) is 11.4 Å². The Balaban J connectivity index is 1.92. The van der Waals surface area contributed by atoms with E-state index in [4.69, 9.17) is 0 Å². The predicted molar refractivity (Wildman–Crippen MR) is 99.8 cm³/mol. The molecule has 1 heterocycles. The van der Waals surface area contributed by atoms with Crippen molar-refractivity contribution >= 4 is 33.3 Å². The minimum Gasteiger partial charge on any atom is -0.305 e. The predicted octanol–water partition coefficient (Wildman–Crippen LogP) is 4.14. The van der Waals surface area contributed by atoms with Gasteiger partial charge in [-0.15, -0.1) is 0 Å². The Morgan fingerprint density at radius 1 is 0.960 bits per heavy atom. The van der Waals surface area contributed by atoms with Gasteiger partial charge in [-0.25, -0.2) is 4.98 Å². The van der Waals surface area contributed by atoms with Crippen LogP contribution in [-0.4, -0.2) is 9.97 Å². The van der Waals surface area contributed by atoms with Crippen LogP contribution in [0.4, 0.5) is 0 Å². The number of H-pyrrole nitrogens is 1. The second-order valence-corrected chi connectivity index (χ2v) is 5.67. The van der Waals surface area contributed by atoms with Gasteiger partial charge in [0, 0.05) is 0 Å². The lowest BCUT2D eigenvalue weighted by atomic mass is 10.0. The Labute approximate surface area is 143 Å². The topological polar surface area (TPSA) is 69.5 Å². The van der Waals surface area contributed by atoms with Crippen LogP contribution in [0.2, 0.25) is 0 Å². The Bertz CT molecular complexity index is 1220. The maximum atomic E-state index is 12.3. The van der Waals surface area contributed by atoms with Crippen LogP contribution in [0.3, 0.4) is 0 Å². The van der Waals surface area contributed by atoms with E-state index in [0.29, 0.717) is 16.5 Å². The van der Waals surface area contributed by atoms with E-state index < -0.39 is 0 Å². The summed E-state index contributed by atoms with van der Waals surface area (Å²) in [6, 6.07) is 23.1. The molecule has 4 rings (SSSR count).